The molecule has 2 aliphatic rings. The zero-order chi connectivity index (χ0) is 16.4. The highest BCUT2D eigenvalue weighted by Crippen LogP contribution is 2.34. The molecule has 2 saturated heterocycles. The summed E-state index contributed by atoms with van der Waals surface area (Å²) in [5.74, 6) is 0.361. The number of nitrogens with zero attached hydrogens (tertiary/aromatic N) is 2. The van der Waals surface area contributed by atoms with Crippen LogP contribution in [-0.4, -0.2) is 62.2 Å². The van der Waals surface area contributed by atoms with E-state index < -0.39 is 10.0 Å². The van der Waals surface area contributed by atoms with Gasteiger partial charge in [0.25, 0.3) is 5.91 Å². The fraction of sp³-hybridized carbons (Fsp3) is 0.600. The molecule has 0 unspecified atom stereocenters. The van der Waals surface area contributed by atoms with E-state index in [1.165, 1.54) is 10.6 Å². The normalized spacial score (nSPS) is 28.3. The molecule has 2 aliphatic heterocycles. The highest BCUT2D eigenvalue weighted by atomic mass is 32.2. The largest absolute Gasteiger partial charge is 0.376 e. The van der Waals surface area contributed by atoms with Crippen LogP contribution in [0.5, 0.6) is 0 Å². The monoisotopic (exact) mass is 339 g/mol. The molecular weight excluding hydrogens is 318 g/mol. The van der Waals surface area contributed by atoms with Crippen molar-refractivity contribution in [3.05, 3.63) is 30.1 Å². The summed E-state index contributed by atoms with van der Waals surface area (Å²) in [7, 11) is -3.14. The molecule has 0 spiro atoms. The zero-order valence-corrected chi connectivity index (χ0v) is 13.8. The molecule has 0 aliphatic carbocycles. The molecule has 1 aromatic rings. The Morgan fingerprint density at radius 1 is 1.43 bits per heavy atom. The third-order valence-electron chi connectivity index (χ3n) is 4.63. The Bertz CT molecular complexity index is 665. The van der Waals surface area contributed by atoms with Crippen LogP contribution in [0.1, 0.15) is 16.8 Å². The van der Waals surface area contributed by atoms with E-state index in [2.05, 4.69) is 10.3 Å². The van der Waals surface area contributed by atoms with Crippen LogP contribution >= 0.6 is 0 Å². The van der Waals surface area contributed by atoms with Crippen molar-refractivity contribution in [3.63, 3.8) is 0 Å². The molecule has 0 aromatic carbocycles. The van der Waals surface area contributed by atoms with E-state index in [-0.39, 0.29) is 17.9 Å². The number of piperidine rings is 1. The topological polar surface area (TPSA) is 88.6 Å². The fourth-order valence-electron chi connectivity index (χ4n) is 3.36. The van der Waals surface area contributed by atoms with Gasteiger partial charge in [0.1, 0.15) is 0 Å². The summed E-state index contributed by atoms with van der Waals surface area (Å²) in [6.07, 6.45) is 5.13. The standard InChI is InChI=1S/C15H21N3O4S/c1-23(20,21)18-7-4-13-12(9-18)10-22-14(13)8-17-15(19)11-2-5-16-6-3-11/h2-3,5-6,12-14H,4,7-10H2,1H3,(H,17,19)/t12-,13-,14-/m1/s1. The second kappa shape index (κ2) is 6.54. The first-order valence-corrected chi connectivity index (χ1v) is 9.55. The van der Waals surface area contributed by atoms with Crippen LogP contribution in [0, 0.1) is 11.8 Å². The van der Waals surface area contributed by atoms with E-state index in [0.29, 0.717) is 37.7 Å². The van der Waals surface area contributed by atoms with E-state index >= 15 is 0 Å². The van der Waals surface area contributed by atoms with Gasteiger partial charge in [-0.05, 0) is 24.5 Å². The fourth-order valence-corrected chi connectivity index (χ4v) is 4.26. The van der Waals surface area contributed by atoms with Crippen molar-refractivity contribution in [2.45, 2.75) is 12.5 Å². The molecule has 1 amide bonds. The molecule has 7 nitrogen and oxygen atoms in total. The van der Waals surface area contributed by atoms with Gasteiger partial charge in [-0.3, -0.25) is 9.78 Å². The number of carbonyl (C=O) groups is 1. The molecule has 3 heterocycles. The van der Waals surface area contributed by atoms with Crippen molar-refractivity contribution in [3.8, 4) is 0 Å². The van der Waals surface area contributed by atoms with E-state index in [1.54, 1.807) is 24.5 Å². The molecule has 3 rings (SSSR count). The second-order valence-corrected chi connectivity index (χ2v) is 8.13. The number of ether oxygens (including phenoxy) is 1. The maximum absolute atomic E-state index is 12.1. The van der Waals surface area contributed by atoms with Crippen molar-refractivity contribution < 1.29 is 17.9 Å². The number of hydrogen-bond acceptors (Lipinski definition) is 5. The van der Waals surface area contributed by atoms with Gasteiger partial charge in [-0.1, -0.05) is 0 Å². The minimum Gasteiger partial charge on any atom is -0.376 e. The molecule has 0 saturated carbocycles. The number of aromatic nitrogens is 1. The number of fused-ring (bicyclic) bond motifs is 1. The number of rotatable bonds is 4. The third kappa shape index (κ3) is 3.70. The first kappa shape index (κ1) is 16.4. The minimum absolute atomic E-state index is 0.0486. The van der Waals surface area contributed by atoms with Crippen LogP contribution in [0.3, 0.4) is 0 Å². The number of amides is 1. The quantitative estimate of drug-likeness (QED) is 0.841. The zero-order valence-electron chi connectivity index (χ0n) is 13.0. The summed E-state index contributed by atoms with van der Waals surface area (Å²) in [6, 6.07) is 3.33. The number of hydrogen-bond donors (Lipinski definition) is 1. The van der Waals surface area contributed by atoms with Crippen molar-refractivity contribution in [2.24, 2.45) is 11.8 Å². The molecule has 3 atom stereocenters. The highest BCUT2D eigenvalue weighted by molar-refractivity contribution is 7.88. The smallest absolute Gasteiger partial charge is 0.251 e. The van der Waals surface area contributed by atoms with Crippen molar-refractivity contribution in [1.82, 2.24) is 14.6 Å². The Morgan fingerprint density at radius 3 is 2.87 bits per heavy atom. The lowest BCUT2D eigenvalue weighted by Gasteiger charge is -2.34. The molecular formula is C15H21N3O4S. The summed E-state index contributed by atoms with van der Waals surface area (Å²) in [5.41, 5.74) is 0.571. The Balaban J connectivity index is 1.55. The lowest BCUT2D eigenvalue weighted by Crippen LogP contribution is -2.45. The summed E-state index contributed by atoms with van der Waals surface area (Å²) < 4.78 is 30.6. The van der Waals surface area contributed by atoms with Gasteiger partial charge in [0.05, 0.1) is 19.0 Å². The van der Waals surface area contributed by atoms with Crippen molar-refractivity contribution >= 4 is 15.9 Å². The Labute approximate surface area is 136 Å². The molecule has 2 fully saturated rings. The van der Waals surface area contributed by atoms with Gasteiger partial charge in [-0.2, -0.15) is 0 Å². The Morgan fingerprint density at radius 2 is 2.17 bits per heavy atom. The summed E-state index contributed by atoms with van der Waals surface area (Å²) in [5, 5.41) is 2.89. The van der Waals surface area contributed by atoms with Gasteiger partial charge < -0.3 is 10.1 Å². The average Bonchev–Trinajstić information content (AvgIpc) is 2.95. The van der Waals surface area contributed by atoms with Gasteiger partial charge >= 0.3 is 0 Å². The van der Waals surface area contributed by atoms with E-state index in [0.717, 1.165) is 6.42 Å². The van der Waals surface area contributed by atoms with Crippen molar-refractivity contribution in [1.29, 1.82) is 0 Å². The molecule has 1 aromatic heterocycles. The number of nitrogens with one attached hydrogen (secondary N) is 1. The van der Waals surface area contributed by atoms with E-state index in [9.17, 15) is 13.2 Å². The van der Waals surface area contributed by atoms with E-state index in [4.69, 9.17) is 4.74 Å². The molecule has 126 valence electrons. The SMILES string of the molecule is CS(=O)(=O)N1CC[C@@H]2[C@@H](CO[C@@H]2CNC(=O)c2ccncc2)C1. The Kier molecular flexibility index (Phi) is 4.65. The molecule has 8 heteroatoms. The predicted molar refractivity (Wildman–Crippen MR) is 84.3 cm³/mol. The van der Waals surface area contributed by atoms with Crippen LogP contribution in [0.25, 0.3) is 0 Å². The molecule has 23 heavy (non-hydrogen) atoms. The number of sulfonamides is 1. The van der Waals surface area contributed by atoms with Gasteiger partial charge in [0.2, 0.25) is 10.0 Å². The van der Waals surface area contributed by atoms with Crippen LogP contribution < -0.4 is 5.32 Å². The number of pyridine rings is 1. The lowest BCUT2D eigenvalue weighted by atomic mass is 9.85. The summed E-state index contributed by atoms with van der Waals surface area (Å²) >= 11 is 0. The van der Waals surface area contributed by atoms with Crippen LogP contribution in [0.2, 0.25) is 0 Å². The van der Waals surface area contributed by atoms with Crippen molar-refractivity contribution in [2.75, 3.05) is 32.5 Å². The van der Waals surface area contributed by atoms with Gasteiger partial charge in [-0.25, -0.2) is 12.7 Å². The maximum Gasteiger partial charge on any atom is 0.251 e. The first-order valence-electron chi connectivity index (χ1n) is 7.70. The second-order valence-electron chi connectivity index (χ2n) is 6.15. The van der Waals surface area contributed by atoms with Gasteiger partial charge in [0, 0.05) is 43.5 Å². The summed E-state index contributed by atoms with van der Waals surface area (Å²) in [6.45, 7) is 2.03. The van der Waals surface area contributed by atoms with E-state index in [1.807, 2.05) is 0 Å². The van der Waals surface area contributed by atoms with Gasteiger partial charge in [-0.15, -0.1) is 0 Å². The first-order chi connectivity index (χ1) is 10.9. The highest BCUT2D eigenvalue weighted by Gasteiger charge is 2.42. The Hall–Kier alpha value is -1.51. The minimum atomic E-state index is -3.14. The molecule has 1 N–H and O–H groups in total. The molecule has 0 radical (unpaired) electrons. The molecule has 0 bridgehead atoms. The van der Waals surface area contributed by atoms with Crippen LogP contribution in [-0.2, 0) is 14.8 Å². The predicted octanol–water partition coefficient (Wildman–Crippen LogP) is 0.108. The third-order valence-corrected chi connectivity index (χ3v) is 5.90. The maximum atomic E-state index is 12.1. The van der Waals surface area contributed by atoms with Crippen LogP contribution in [0.15, 0.2) is 24.5 Å². The average molecular weight is 339 g/mol. The summed E-state index contributed by atoms with van der Waals surface area (Å²) in [4.78, 5) is 16.0. The van der Waals surface area contributed by atoms with Gasteiger partial charge in [0.15, 0.2) is 0 Å². The lowest BCUT2D eigenvalue weighted by molar-refractivity contribution is 0.0762. The number of carbonyl (C=O) groups excluding carboxylic acids is 1. The van der Waals surface area contributed by atoms with Crippen LogP contribution in [0.4, 0.5) is 0 Å².